The third-order valence-corrected chi connectivity index (χ3v) is 4.76. The summed E-state index contributed by atoms with van der Waals surface area (Å²) in [4.78, 5) is 10.3. The van der Waals surface area contributed by atoms with Gasteiger partial charge < -0.3 is 10.1 Å². The van der Waals surface area contributed by atoms with Crippen LogP contribution < -0.4 is 10.5 Å². The average Bonchev–Trinajstić information content (AvgIpc) is 2.47. The molecule has 0 aliphatic carbocycles. The van der Waals surface area contributed by atoms with E-state index in [1.807, 2.05) is 6.92 Å². The number of sulfonamides is 1. The van der Waals surface area contributed by atoms with Gasteiger partial charge in [-0.2, -0.15) is 0 Å². The zero-order valence-corrected chi connectivity index (χ0v) is 13.0. The van der Waals surface area contributed by atoms with Crippen molar-refractivity contribution in [1.82, 2.24) is 0 Å². The molecule has 0 amide bonds. The second-order valence-corrected chi connectivity index (χ2v) is 6.93. The Hall–Kier alpha value is -1.71. The van der Waals surface area contributed by atoms with Crippen LogP contribution in [0, 0.1) is 16.0 Å². The summed E-state index contributed by atoms with van der Waals surface area (Å²) in [6, 6.07) is 3.65. The van der Waals surface area contributed by atoms with Crippen molar-refractivity contribution in [2.24, 2.45) is 11.1 Å². The second-order valence-electron chi connectivity index (χ2n) is 5.36. The van der Waals surface area contributed by atoms with E-state index >= 15 is 0 Å². The van der Waals surface area contributed by atoms with Crippen LogP contribution in [0.25, 0.3) is 0 Å². The zero-order chi connectivity index (χ0) is 16.3. The number of nitro benzene ring substituents is 1. The molecule has 1 aliphatic rings. The van der Waals surface area contributed by atoms with E-state index in [0.29, 0.717) is 19.1 Å². The Kier molecular flexibility index (Phi) is 4.99. The number of benzene rings is 1. The zero-order valence-electron chi connectivity index (χ0n) is 12.2. The Bertz CT molecular complexity index is 656. The van der Waals surface area contributed by atoms with Gasteiger partial charge in [0.2, 0.25) is 10.0 Å². The lowest BCUT2D eigenvalue weighted by Gasteiger charge is -2.29. The molecule has 2 rings (SSSR count). The van der Waals surface area contributed by atoms with Crippen LogP contribution in [0.5, 0.6) is 0 Å². The van der Waals surface area contributed by atoms with Gasteiger partial charge in [-0.1, -0.05) is 0 Å². The Morgan fingerprint density at radius 1 is 1.41 bits per heavy atom. The van der Waals surface area contributed by atoms with Gasteiger partial charge in [-0.25, -0.2) is 13.6 Å². The number of hydrogen-bond acceptors (Lipinski definition) is 6. The molecule has 122 valence electrons. The van der Waals surface area contributed by atoms with Gasteiger partial charge in [0.1, 0.15) is 5.69 Å². The predicted octanol–water partition coefficient (Wildman–Crippen LogP) is 1.47. The molecule has 8 nitrogen and oxygen atoms in total. The summed E-state index contributed by atoms with van der Waals surface area (Å²) in [5.74, 6) is 0.353. The van der Waals surface area contributed by atoms with Gasteiger partial charge in [0.15, 0.2) is 0 Å². The van der Waals surface area contributed by atoms with Crippen LogP contribution in [-0.4, -0.2) is 32.6 Å². The van der Waals surface area contributed by atoms with Gasteiger partial charge in [0.25, 0.3) is 5.69 Å². The molecule has 1 aromatic carbocycles. The quantitative estimate of drug-likeness (QED) is 0.622. The number of nitrogens with one attached hydrogen (secondary N) is 1. The molecule has 22 heavy (non-hydrogen) atoms. The van der Waals surface area contributed by atoms with Crippen LogP contribution in [-0.2, 0) is 14.8 Å². The first kappa shape index (κ1) is 16.7. The average molecular weight is 329 g/mol. The second kappa shape index (κ2) is 6.59. The van der Waals surface area contributed by atoms with Crippen LogP contribution >= 0.6 is 0 Å². The molecule has 1 unspecified atom stereocenters. The first-order valence-electron chi connectivity index (χ1n) is 6.94. The highest BCUT2D eigenvalue weighted by molar-refractivity contribution is 7.89. The number of nitrogens with zero attached hydrogens (tertiary/aromatic N) is 1. The minimum Gasteiger partial charge on any atom is -0.381 e. The maximum atomic E-state index is 11.3. The summed E-state index contributed by atoms with van der Waals surface area (Å²) in [6.07, 6.45) is 1.77. The SMILES string of the molecule is CC(Nc1ccc(S(N)(=O)=O)cc1[N+](=O)[O-])C1CCOCC1. The molecular weight excluding hydrogens is 310 g/mol. The standard InChI is InChI=1S/C13H19N3O5S/c1-9(10-4-6-21-7-5-10)15-12-3-2-11(22(14,19)20)8-13(12)16(17)18/h2-3,8-10,15H,4-7H2,1H3,(H2,14,19,20). The summed E-state index contributed by atoms with van der Waals surface area (Å²) in [6.45, 7) is 3.32. The molecule has 1 saturated heterocycles. The van der Waals surface area contributed by atoms with Crippen molar-refractivity contribution in [3.05, 3.63) is 28.3 Å². The Balaban J connectivity index is 2.24. The summed E-state index contributed by atoms with van der Waals surface area (Å²) in [7, 11) is -3.97. The maximum absolute atomic E-state index is 11.3. The van der Waals surface area contributed by atoms with E-state index in [4.69, 9.17) is 9.88 Å². The van der Waals surface area contributed by atoms with Gasteiger partial charge in [-0.15, -0.1) is 0 Å². The molecule has 1 fully saturated rings. The minimum atomic E-state index is -3.97. The van der Waals surface area contributed by atoms with Gasteiger partial charge in [0.05, 0.1) is 9.82 Å². The maximum Gasteiger partial charge on any atom is 0.293 e. The molecule has 1 atom stereocenters. The monoisotopic (exact) mass is 329 g/mol. The van der Waals surface area contributed by atoms with Crippen molar-refractivity contribution >= 4 is 21.4 Å². The fourth-order valence-corrected chi connectivity index (χ4v) is 3.07. The fraction of sp³-hybridized carbons (Fsp3) is 0.538. The Morgan fingerprint density at radius 2 is 2.05 bits per heavy atom. The lowest BCUT2D eigenvalue weighted by molar-refractivity contribution is -0.384. The first-order chi connectivity index (χ1) is 10.3. The highest BCUT2D eigenvalue weighted by atomic mass is 32.2. The van der Waals surface area contributed by atoms with Crippen molar-refractivity contribution in [1.29, 1.82) is 0 Å². The smallest absolute Gasteiger partial charge is 0.293 e. The van der Waals surface area contributed by atoms with Gasteiger partial charge in [0, 0.05) is 25.3 Å². The van der Waals surface area contributed by atoms with E-state index in [1.54, 1.807) is 0 Å². The first-order valence-corrected chi connectivity index (χ1v) is 8.49. The summed E-state index contributed by atoms with van der Waals surface area (Å²) >= 11 is 0. The molecule has 0 spiro atoms. The van der Waals surface area contributed by atoms with E-state index in [-0.39, 0.29) is 22.3 Å². The third-order valence-electron chi connectivity index (χ3n) is 3.85. The molecular formula is C13H19N3O5S. The van der Waals surface area contributed by atoms with E-state index in [9.17, 15) is 18.5 Å². The molecule has 0 radical (unpaired) electrons. The fourth-order valence-electron chi connectivity index (χ4n) is 2.54. The topological polar surface area (TPSA) is 125 Å². The molecule has 1 heterocycles. The van der Waals surface area contributed by atoms with Gasteiger partial charge in [-0.3, -0.25) is 10.1 Å². The van der Waals surface area contributed by atoms with Crippen molar-refractivity contribution in [2.75, 3.05) is 18.5 Å². The number of anilines is 1. The number of nitrogens with two attached hydrogens (primary N) is 1. The molecule has 0 bridgehead atoms. The van der Waals surface area contributed by atoms with Crippen molar-refractivity contribution in [3.63, 3.8) is 0 Å². The number of primary sulfonamides is 1. The van der Waals surface area contributed by atoms with Crippen LogP contribution in [0.4, 0.5) is 11.4 Å². The summed E-state index contributed by atoms with van der Waals surface area (Å²) in [5, 5.41) is 19.3. The number of rotatable bonds is 5. The van der Waals surface area contributed by atoms with Gasteiger partial charge in [-0.05, 0) is 37.8 Å². The molecule has 3 N–H and O–H groups in total. The largest absolute Gasteiger partial charge is 0.381 e. The highest BCUT2D eigenvalue weighted by Gasteiger charge is 2.24. The van der Waals surface area contributed by atoms with E-state index in [2.05, 4.69) is 5.32 Å². The molecule has 9 heteroatoms. The minimum absolute atomic E-state index is 0.0166. The van der Waals surface area contributed by atoms with Crippen molar-refractivity contribution in [3.8, 4) is 0 Å². The summed E-state index contributed by atoms with van der Waals surface area (Å²) < 4.78 is 27.9. The Morgan fingerprint density at radius 3 is 2.59 bits per heavy atom. The summed E-state index contributed by atoms with van der Waals surface area (Å²) in [5.41, 5.74) is -0.0122. The van der Waals surface area contributed by atoms with Gasteiger partial charge >= 0.3 is 0 Å². The van der Waals surface area contributed by atoms with Crippen LogP contribution in [0.2, 0.25) is 0 Å². The van der Waals surface area contributed by atoms with E-state index in [1.165, 1.54) is 12.1 Å². The number of ether oxygens (including phenoxy) is 1. The lowest BCUT2D eigenvalue weighted by atomic mass is 9.93. The normalized spacial score (nSPS) is 17.9. The number of nitro groups is 1. The van der Waals surface area contributed by atoms with E-state index < -0.39 is 14.9 Å². The lowest BCUT2D eigenvalue weighted by Crippen LogP contribution is -2.31. The van der Waals surface area contributed by atoms with Crippen LogP contribution in [0.1, 0.15) is 19.8 Å². The highest BCUT2D eigenvalue weighted by Crippen LogP contribution is 2.30. The Labute approximate surface area is 128 Å². The molecule has 1 aromatic rings. The predicted molar refractivity (Wildman–Crippen MR) is 81.1 cm³/mol. The molecule has 0 saturated carbocycles. The van der Waals surface area contributed by atoms with E-state index in [0.717, 1.165) is 18.9 Å². The molecule has 0 aromatic heterocycles. The van der Waals surface area contributed by atoms with Crippen molar-refractivity contribution < 1.29 is 18.1 Å². The third kappa shape index (κ3) is 3.93. The van der Waals surface area contributed by atoms with Crippen LogP contribution in [0.15, 0.2) is 23.1 Å². The molecule has 1 aliphatic heterocycles. The van der Waals surface area contributed by atoms with Crippen LogP contribution in [0.3, 0.4) is 0 Å². The number of hydrogen-bond donors (Lipinski definition) is 2. The van der Waals surface area contributed by atoms with Crippen molar-refractivity contribution in [2.45, 2.75) is 30.7 Å².